The van der Waals surface area contributed by atoms with Crippen molar-refractivity contribution >= 4 is 21.4 Å². The lowest BCUT2D eigenvalue weighted by molar-refractivity contribution is 0.0980. The summed E-state index contributed by atoms with van der Waals surface area (Å²) in [7, 11) is -1.92. The Hall–Kier alpha value is -2.67. The molecule has 1 unspecified atom stereocenters. The molecule has 1 amide bonds. The molecule has 1 aliphatic rings. The van der Waals surface area contributed by atoms with Crippen LogP contribution in [-0.2, 0) is 9.84 Å². The Balaban J connectivity index is 2.06. The second-order valence-corrected chi connectivity index (χ2v) is 7.51. The first-order chi connectivity index (χ1) is 11.9. The lowest BCUT2D eigenvalue weighted by Crippen LogP contribution is -2.41. The maximum Gasteiger partial charge on any atom is 0.262 e. The van der Waals surface area contributed by atoms with Gasteiger partial charge < -0.3 is 9.64 Å². The molecule has 3 rings (SSSR count). The lowest BCUT2D eigenvalue weighted by atomic mass is 10.1. The summed E-state index contributed by atoms with van der Waals surface area (Å²) in [4.78, 5) is 14.5. The van der Waals surface area contributed by atoms with E-state index in [1.807, 2.05) is 0 Å². The Morgan fingerprint density at radius 3 is 2.44 bits per heavy atom. The second kappa shape index (κ2) is 6.68. The maximum atomic E-state index is 13.3. The van der Waals surface area contributed by atoms with Crippen molar-refractivity contribution in [2.75, 3.05) is 17.8 Å². The zero-order valence-corrected chi connectivity index (χ0v) is 14.2. The molecule has 0 spiro atoms. The number of carbonyl (C=O) groups is 1. The van der Waals surface area contributed by atoms with Gasteiger partial charge in [0.15, 0.2) is 9.84 Å². The fraction of sp³-hybridized carbons (Fsp3) is 0.167. The highest BCUT2D eigenvalue weighted by atomic mass is 32.2. The molecule has 1 aliphatic heterocycles. The van der Waals surface area contributed by atoms with Crippen LogP contribution in [0.3, 0.4) is 0 Å². The van der Waals surface area contributed by atoms with Crippen molar-refractivity contribution < 1.29 is 22.3 Å². The van der Waals surface area contributed by atoms with E-state index in [2.05, 4.69) is 0 Å². The van der Waals surface area contributed by atoms with E-state index >= 15 is 0 Å². The average molecular weight is 361 g/mol. The summed E-state index contributed by atoms with van der Waals surface area (Å²) < 4.78 is 42.1. The zero-order chi connectivity index (χ0) is 18.0. The SMILES string of the molecule is COc1ccccc1C(=O)N(c1ccc(F)cc1)C1C=CS(=O)(=O)C1. The van der Waals surface area contributed by atoms with Crippen molar-refractivity contribution in [2.24, 2.45) is 0 Å². The quantitative estimate of drug-likeness (QED) is 0.840. The first kappa shape index (κ1) is 17.2. The minimum absolute atomic E-state index is 0.217. The summed E-state index contributed by atoms with van der Waals surface area (Å²) >= 11 is 0. The van der Waals surface area contributed by atoms with Crippen molar-refractivity contribution in [3.8, 4) is 5.75 Å². The van der Waals surface area contributed by atoms with Crippen LogP contribution in [0.15, 0.2) is 60.0 Å². The topological polar surface area (TPSA) is 63.7 Å². The number of nitrogens with zero attached hydrogens (tertiary/aromatic N) is 1. The maximum absolute atomic E-state index is 13.3. The van der Waals surface area contributed by atoms with Gasteiger partial charge in [0.1, 0.15) is 11.6 Å². The standard InChI is InChI=1S/C18H16FNO4S/c1-24-17-5-3-2-4-16(17)18(21)20(14-8-6-13(19)7-9-14)15-10-11-25(22,23)12-15/h2-11,15H,12H2,1H3. The van der Waals surface area contributed by atoms with E-state index in [1.165, 1.54) is 42.4 Å². The molecular weight excluding hydrogens is 345 g/mol. The molecule has 7 heteroatoms. The summed E-state index contributed by atoms with van der Waals surface area (Å²) in [5.74, 6) is -0.700. The molecule has 0 aliphatic carbocycles. The Morgan fingerprint density at radius 1 is 1.16 bits per heavy atom. The van der Waals surface area contributed by atoms with Crippen LogP contribution in [0.4, 0.5) is 10.1 Å². The summed E-state index contributed by atoms with van der Waals surface area (Å²) in [6.07, 6.45) is 1.46. The highest BCUT2D eigenvalue weighted by Crippen LogP contribution is 2.28. The van der Waals surface area contributed by atoms with Gasteiger partial charge in [-0.1, -0.05) is 12.1 Å². The number of rotatable bonds is 4. The largest absolute Gasteiger partial charge is 0.496 e. The van der Waals surface area contributed by atoms with Crippen LogP contribution in [0, 0.1) is 5.82 Å². The fourth-order valence-corrected chi connectivity index (χ4v) is 4.00. The molecule has 1 atom stereocenters. The van der Waals surface area contributed by atoms with Gasteiger partial charge in [0.2, 0.25) is 0 Å². The molecule has 0 saturated heterocycles. The Labute approximate surface area is 145 Å². The van der Waals surface area contributed by atoms with E-state index in [0.29, 0.717) is 17.0 Å². The number of carbonyl (C=O) groups excluding carboxylic acids is 1. The fourth-order valence-electron chi connectivity index (χ4n) is 2.73. The molecule has 130 valence electrons. The third-order valence-corrected chi connectivity index (χ3v) is 5.28. The van der Waals surface area contributed by atoms with Gasteiger partial charge in [0, 0.05) is 11.1 Å². The molecule has 0 aromatic heterocycles. The number of halogens is 1. The smallest absolute Gasteiger partial charge is 0.262 e. The molecule has 1 heterocycles. The molecule has 0 fully saturated rings. The van der Waals surface area contributed by atoms with Crippen molar-refractivity contribution in [3.05, 3.63) is 71.4 Å². The van der Waals surface area contributed by atoms with Gasteiger partial charge in [-0.2, -0.15) is 0 Å². The number of para-hydroxylation sites is 1. The van der Waals surface area contributed by atoms with E-state index in [-0.39, 0.29) is 5.75 Å². The highest BCUT2D eigenvalue weighted by molar-refractivity contribution is 7.94. The number of ether oxygens (including phenoxy) is 1. The first-order valence-electron chi connectivity index (χ1n) is 7.54. The summed E-state index contributed by atoms with van der Waals surface area (Å²) in [6, 6.07) is 11.4. The Kier molecular flexibility index (Phi) is 4.59. The average Bonchev–Trinajstić information content (AvgIpc) is 2.96. The third-order valence-electron chi connectivity index (χ3n) is 3.90. The van der Waals surface area contributed by atoms with Crippen LogP contribution in [0.25, 0.3) is 0 Å². The molecule has 25 heavy (non-hydrogen) atoms. The molecule has 0 bridgehead atoms. The summed E-state index contributed by atoms with van der Waals surface area (Å²) in [6.45, 7) is 0. The molecule has 2 aromatic carbocycles. The van der Waals surface area contributed by atoms with Crippen molar-refractivity contribution in [2.45, 2.75) is 6.04 Å². The molecule has 0 saturated carbocycles. The van der Waals surface area contributed by atoms with Crippen LogP contribution in [0.5, 0.6) is 5.75 Å². The summed E-state index contributed by atoms with van der Waals surface area (Å²) in [5.41, 5.74) is 0.705. The molecule has 0 N–H and O–H groups in total. The van der Waals surface area contributed by atoms with E-state index in [4.69, 9.17) is 4.74 Å². The van der Waals surface area contributed by atoms with Crippen LogP contribution in [-0.4, -0.2) is 33.2 Å². The number of methoxy groups -OCH3 is 1. The van der Waals surface area contributed by atoms with Crippen molar-refractivity contribution in [1.82, 2.24) is 0 Å². The highest BCUT2D eigenvalue weighted by Gasteiger charge is 2.33. The molecule has 5 nitrogen and oxygen atoms in total. The number of amides is 1. The van der Waals surface area contributed by atoms with Gasteiger partial charge in [-0.15, -0.1) is 0 Å². The van der Waals surface area contributed by atoms with Crippen molar-refractivity contribution in [1.29, 1.82) is 0 Å². The van der Waals surface area contributed by atoms with Gasteiger partial charge in [0.05, 0.1) is 24.5 Å². The normalized spacial score (nSPS) is 18.1. The second-order valence-electron chi connectivity index (χ2n) is 5.58. The van der Waals surface area contributed by atoms with E-state index < -0.39 is 27.6 Å². The minimum Gasteiger partial charge on any atom is -0.496 e. The van der Waals surface area contributed by atoms with Crippen LogP contribution in [0.2, 0.25) is 0 Å². The van der Waals surface area contributed by atoms with Crippen molar-refractivity contribution in [3.63, 3.8) is 0 Å². The number of hydrogen-bond donors (Lipinski definition) is 0. The van der Waals surface area contributed by atoms with Gasteiger partial charge in [0.25, 0.3) is 5.91 Å². The number of anilines is 1. The van der Waals surface area contributed by atoms with E-state index in [1.54, 1.807) is 24.3 Å². The number of sulfone groups is 1. The van der Waals surface area contributed by atoms with Gasteiger partial charge >= 0.3 is 0 Å². The molecule has 0 radical (unpaired) electrons. The van der Waals surface area contributed by atoms with E-state index in [9.17, 15) is 17.6 Å². The third kappa shape index (κ3) is 3.56. The minimum atomic E-state index is -3.37. The Bertz CT molecular complexity index is 922. The number of benzene rings is 2. The first-order valence-corrected chi connectivity index (χ1v) is 9.26. The zero-order valence-electron chi connectivity index (χ0n) is 13.4. The van der Waals surface area contributed by atoms with Crippen LogP contribution >= 0.6 is 0 Å². The molecular formula is C18H16FNO4S. The monoisotopic (exact) mass is 361 g/mol. The predicted octanol–water partition coefficient (Wildman–Crippen LogP) is 2.79. The Morgan fingerprint density at radius 2 is 1.84 bits per heavy atom. The summed E-state index contributed by atoms with van der Waals surface area (Å²) in [5, 5.41) is 1.10. The lowest BCUT2D eigenvalue weighted by Gasteiger charge is -2.28. The van der Waals surface area contributed by atoms with Crippen LogP contribution < -0.4 is 9.64 Å². The number of hydrogen-bond acceptors (Lipinski definition) is 4. The molecule has 2 aromatic rings. The van der Waals surface area contributed by atoms with Gasteiger partial charge in [-0.25, -0.2) is 12.8 Å². The van der Waals surface area contributed by atoms with Gasteiger partial charge in [-0.3, -0.25) is 4.79 Å². The van der Waals surface area contributed by atoms with E-state index in [0.717, 1.165) is 5.41 Å². The van der Waals surface area contributed by atoms with Crippen LogP contribution in [0.1, 0.15) is 10.4 Å². The predicted molar refractivity (Wildman–Crippen MR) is 92.9 cm³/mol. The van der Waals surface area contributed by atoms with Gasteiger partial charge in [-0.05, 0) is 42.5 Å².